The smallest absolute Gasteiger partial charge is 0.0540 e. The van der Waals surface area contributed by atoms with E-state index in [-0.39, 0.29) is 0 Å². The van der Waals surface area contributed by atoms with Gasteiger partial charge in [-0.3, -0.25) is 0 Å². The Morgan fingerprint density at radius 3 is 0.596 bits per heavy atom. The Kier molecular flexibility index (Phi) is 16.2. The molecule has 0 aliphatic carbocycles. The third-order valence-electron chi connectivity index (χ3n) is 17.4. The molecular weight excluding hydrogens is 1140 g/mol. The molecule has 0 radical (unpaired) electrons. The molecule has 15 aromatic carbocycles. The van der Waals surface area contributed by atoms with Crippen LogP contribution in [0.25, 0.3) is 21.5 Å². The molecule has 6 heteroatoms. The van der Waals surface area contributed by atoms with Crippen molar-refractivity contribution in [3.63, 3.8) is 0 Å². The molecule has 15 rings (SSSR count). The van der Waals surface area contributed by atoms with Crippen molar-refractivity contribution in [2.75, 3.05) is 29.4 Å². The minimum atomic E-state index is 1.04. The first-order valence-corrected chi connectivity index (χ1v) is 32.1. The van der Waals surface area contributed by atoms with Crippen LogP contribution in [0.2, 0.25) is 0 Å². The molecule has 0 heterocycles. The van der Waals surface area contributed by atoms with E-state index in [1.54, 1.807) is 0 Å². The second-order valence-electron chi connectivity index (χ2n) is 23.6. The van der Waals surface area contributed by atoms with Gasteiger partial charge in [-0.1, -0.05) is 170 Å². The lowest BCUT2D eigenvalue weighted by Gasteiger charge is -2.30. The average Bonchev–Trinajstić information content (AvgIpc) is 0.827. The summed E-state index contributed by atoms with van der Waals surface area (Å²) < 4.78 is 0. The Morgan fingerprint density at radius 1 is 0.149 bits per heavy atom. The quantitative estimate of drug-likeness (QED) is 0.0847. The summed E-state index contributed by atoms with van der Waals surface area (Å²) in [4.78, 5) is 14.1. The van der Waals surface area contributed by atoms with E-state index in [9.17, 15) is 0 Å². The van der Waals surface area contributed by atoms with Gasteiger partial charge >= 0.3 is 0 Å². The average molecular weight is 1210 g/mol. The first kappa shape index (κ1) is 58.0. The van der Waals surface area contributed by atoms with Crippen molar-refractivity contribution in [2.24, 2.45) is 0 Å². The van der Waals surface area contributed by atoms with Crippen molar-refractivity contribution in [1.82, 2.24) is 0 Å². The summed E-state index contributed by atoms with van der Waals surface area (Å²) in [7, 11) is 0. The molecule has 15 aromatic rings. The number of fused-ring (bicyclic) bond motifs is 2. The summed E-state index contributed by atoms with van der Waals surface area (Å²) in [6.07, 6.45) is 0. The number of aryl methyl sites for hydroxylation is 2. The van der Waals surface area contributed by atoms with Gasteiger partial charge in [0.1, 0.15) is 0 Å². The fourth-order valence-corrected chi connectivity index (χ4v) is 13.0. The predicted octanol–water partition coefficient (Wildman–Crippen LogP) is 25.4. The van der Waals surface area contributed by atoms with Crippen LogP contribution in [0.4, 0.5) is 102 Å². The van der Waals surface area contributed by atoms with Gasteiger partial charge in [0, 0.05) is 102 Å². The Bertz CT molecular complexity index is 4700. The molecule has 0 atom stereocenters. The lowest BCUT2D eigenvalue weighted by atomic mass is 10.1. The van der Waals surface area contributed by atoms with Crippen molar-refractivity contribution in [3.8, 4) is 0 Å². The van der Waals surface area contributed by atoms with Crippen molar-refractivity contribution < 1.29 is 0 Å². The number of para-hydroxylation sites is 4. The second-order valence-corrected chi connectivity index (χ2v) is 23.6. The maximum atomic E-state index is 2.37. The zero-order chi connectivity index (χ0) is 63.2. The molecule has 0 N–H and O–H groups in total. The maximum Gasteiger partial charge on any atom is 0.0540 e. The highest BCUT2D eigenvalue weighted by atomic mass is 15.2. The molecule has 450 valence electrons. The van der Waals surface area contributed by atoms with Gasteiger partial charge in [0.25, 0.3) is 0 Å². The minimum absolute atomic E-state index is 1.04. The summed E-state index contributed by atoms with van der Waals surface area (Å²) in [5, 5.41) is 4.80. The van der Waals surface area contributed by atoms with Crippen LogP contribution in [0.15, 0.2) is 376 Å². The topological polar surface area (TPSA) is 19.4 Å². The van der Waals surface area contributed by atoms with Crippen LogP contribution < -0.4 is 29.4 Å². The second kappa shape index (κ2) is 26.2. The third-order valence-corrected chi connectivity index (χ3v) is 17.4. The third kappa shape index (κ3) is 11.9. The van der Waals surface area contributed by atoms with E-state index in [0.29, 0.717) is 0 Å². The van der Waals surface area contributed by atoms with Gasteiger partial charge in [0.15, 0.2) is 0 Å². The molecule has 0 aliphatic rings. The monoisotopic (exact) mass is 1210 g/mol. The molecule has 0 aromatic heterocycles. The Balaban J connectivity index is 0.738. The van der Waals surface area contributed by atoms with Gasteiger partial charge in [0.2, 0.25) is 0 Å². The number of rotatable bonds is 18. The number of hydrogen-bond donors (Lipinski definition) is 0. The number of anilines is 18. The van der Waals surface area contributed by atoms with Crippen LogP contribution in [0.5, 0.6) is 0 Å². The zero-order valence-corrected chi connectivity index (χ0v) is 52.5. The van der Waals surface area contributed by atoms with Crippen molar-refractivity contribution in [3.05, 3.63) is 387 Å². The molecule has 0 spiro atoms. The van der Waals surface area contributed by atoms with E-state index in [0.717, 1.165) is 102 Å². The highest BCUT2D eigenvalue weighted by Gasteiger charge is 2.23. The molecule has 0 saturated heterocycles. The lowest BCUT2D eigenvalue weighted by Crippen LogP contribution is -2.14. The fraction of sp³-hybridized carbons (Fsp3) is 0.0227. The normalized spacial score (nSPS) is 11.1. The maximum absolute atomic E-state index is 2.37. The summed E-state index contributed by atoms with van der Waals surface area (Å²) in [5.41, 5.74) is 21.7. The van der Waals surface area contributed by atoms with Crippen LogP contribution in [0.3, 0.4) is 0 Å². The van der Waals surface area contributed by atoms with Gasteiger partial charge in [-0.15, -0.1) is 0 Å². The highest BCUT2D eigenvalue weighted by Crippen LogP contribution is 2.46. The first-order valence-electron chi connectivity index (χ1n) is 32.1. The number of benzene rings is 15. The zero-order valence-electron chi connectivity index (χ0n) is 52.5. The van der Waals surface area contributed by atoms with E-state index >= 15 is 0 Å². The largest absolute Gasteiger partial charge is 0.311 e. The molecule has 6 nitrogen and oxygen atoms in total. The number of hydrogen-bond acceptors (Lipinski definition) is 6. The Hall–Kier alpha value is -12.4. The van der Waals surface area contributed by atoms with E-state index < -0.39 is 0 Å². The number of nitrogens with zero attached hydrogens (tertiary/aromatic N) is 6. The van der Waals surface area contributed by atoms with Crippen LogP contribution in [0, 0.1) is 13.8 Å². The predicted molar refractivity (Wildman–Crippen MR) is 399 cm³/mol. The summed E-state index contributed by atoms with van der Waals surface area (Å²) in [6.45, 7) is 4.31. The van der Waals surface area contributed by atoms with Crippen LogP contribution in [-0.4, -0.2) is 0 Å². The van der Waals surface area contributed by atoms with Crippen molar-refractivity contribution >= 4 is 124 Å². The molecular formula is C88H68N6. The van der Waals surface area contributed by atoms with Gasteiger partial charge in [-0.25, -0.2) is 0 Å². The summed E-state index contributed by atoms with van der Waals surface area (Å²) in [5.74, 6) is 0. The van der Waals surface area contributed by atoms with Gasteiger partial charge in [0.05, 0.1) is 11.4 Å². The molecule has 0 fully saturated rings. The van der Waals surface area contributed by atoms with E-state index in [4.69, 9.17) is 0 Å². The molecule has 0 aliphatic heterocycles. The summed E-state index contributed by atoms with van der Waals surface area (Å²) in [6, 6.07) is 135. The SMILES string of the molecule is Cc1cccc(N(c2ccc(N(c3ccccc3)c3ccc(N(c4ccccc4)c4ccc(N(c5ccccc5)c5ccc(N(c6ccccc6)c6ccc(N(c7cccc(C)c7)c7cccc8ccccc78)cc6)cc5)cc4)cc3)cc2)c2cccc3ccccc23)c1. The minimum Gasteiger partial charge on any atom is -0.311 e. The van der Waals surface area contributed by atoms with Crippen LogP contribution >= 0.6 is 0 Å². The van der Waals surface area contributed by atoms with E-state index in [1.807, 2.05) is 0 Å². The molecule has 94 heavy (non-hydrogen) atoms. The van der Waals surface area contributed by atoms with Gasteiger partial charge < -0.3 is 29.4 Å². The van der Waals surface area contributed by atoms with Crippen LogP contribution in [0.1, 0.15) is 11.1 Å². The van der Waals surface area contributed by atoms with Crippen LogP contribution in [-0.2, 0) is 0 Å². The molecule has 0 unspecified atom stereocenters. The van der Waals surface area contributed by atoms with Gasteiger partial charge in [-0.05, 0) is 242 Å². The van der Waals surface area contributed by atoms with E-state index in [1.165, 1.54) is 32.7 Å². The Labute approximate surface area is 551 Å². The molecule has 0 saturated carbocycles. The first-order chi connectivity index (χ1) is 46.5. The van der Waals surface area contributed by atoms with Crippen molar-refractivity contribution in [2.45, 2.75) is 13.8 Å². The van der Waals surface area contributed by atoms with E-state index in [2.05, 4.69) is 419 Å². The van der Waals surface area contributed by atoms with Crippen molar-refractivity contribution in [1.29, 1.82) is 0 Å². The van der Waals surface area contributed by atoms with Gasteiger partial charge in [-0.2, -0.15) is 0 Å². The summed E-state index contributed by atoms with van der Waals surface area (Å²) >= 11 is 0. The lowest BCUT2D eigenvalue weighted by molar-refractivity contribution is 1.24. The Morgan fingerprint density at radius 2 is 0.340 bits per heavy atom. The fourth-order valence-electron chi connectivity index (χ4n) is 13.0. The molecule has 0 bridgehead atoms. The molecule has 0 amide bonds. The highest BCUT2D eigenvalue weighted by molar-refractivity contribution is 6.01. The standard InChI is InChI=1S/C88H68N6/c1-65-23-19-37-83(63-65)93(87-41-21-27-67-25-15-17-39-85(67)87)81-59-55-79(56-60-81)91(71-33-11-5-12-34-71)77-51-47-75(48-52-77)89(69-29-7-3-8-30-69)73-43-45-74(46-44-73)90(70-31-9-4-10-32-70)76-49-53-78(54-50-76)92(72-35-13-6-14-36-72)80-57-61-82(62-58-80)94(84-38-20-24-66(2)64-84)88-42-22-28-68-26-16-18-40-86(68)88/h3-64H,1-2H3.